The second-order valence-corrected chi connectivity index (χ2v) is 6.20. The van der Waals surface area contributed by atoms with Gasteiger partial charge >= 0.3 is 0 Å². The Morgan fingerprint density at radius 2 is 1.20 bits per heavy atom. The van der Waals surface area contributed by atoms with Gasteiger partial charge in [0.1, 0.15) is 6.10 Å². The highest BCUT2D eigenvalue weighted by Gasteiger charge is 2.26. The van der Waals surface area contributed by atoms with E-state index in [0.717, 1.165) is 0 Å². The van der Waals surface area contributed by atoms with E-state index in [-0.39, 0.29) is 11.7 Å². The summed E-state index contributed by atoms with van der Waals surface area (Å²) in [5.74, 6) is 0. The fraction of sp³-hybridized carbons (Fsp3) is 0.263. The Balaban J connectivity index is 2.18. The third-order valence-corrected chi connectivity index (χ3v) is 3.47. The van der Waals surface area contributed by atoms with Gasteiger partial charge in [0.05, 0.1) is 5.60 Å². The lowest BCUT2D eigenvalue weighted by molar-refractivity contribution is -0.0430. The second kappa shape index (κ2) is 4.92. The summed E-state index contributed by atoms with van der Waals surface area (Å²) in [5.41, 5.74) is 4.76. The van der Waals surface area contributed by atoms with Gasteiger partial charge < -0.3 is 4.74 Å². The molecule has 0 unspecified atom stereocenters. The van der Waals surface area contributed by atoms with E-state index in [4.69, 9.17) is 4.74 Å². The summed E-state index contributed by atoms with van der Waals surface area (Å²) in [7, 11) is 0. The summed E-state index contributed by atoms with van der Waals surface area (Å²) in [4.78, 5) is 0. The fourth-order valence-corrected chi connectivity index (χ4v) is 2.63. The maximum atomic E-state index is 6.37. The van der Waals surface area contributed by atoms with Crippen molar-refractivity contribution in [3.05, 3.63) is 70.8 Å². The lowest BCUT2D eigenvalue weighted by Gasteiger charge is -2.29. The number of ether oxygens (including phenoxy) is 1. The smallest absolute Gasteiger partial charge is 0.109 e. The molecule has 2 aromatic carbocycles. The van der Waals surface area contributed by atoms with Crippen molar-refractivity contribution in [1.82, 2.24) is 0 Å². The average molecular weight is 264 g/mol. The van der Waals surface area contributed by atoms with Gasteiger partial charge in [0, 0.05) is 0 Å². The maximum Gasteiger partial charge on any atom is 0.109 e. The molecule has 0 saturated carbocycles. The molecule has 0 aromatic heterocycles. The van der Waals surface area contributed by atoms with Gasteiger partial charge in [0.15, 0.2) is 0 Å². The average Bonchev–Trinajstić information content (AvgIpc) is 2.56. The van der Waals surface area contributed by atoms with Crippen molar-refractivity contribution in [3.8, 4) is 0 Å². The summed E-state index contributed by atoms with van der Waals surface area (Å²) in [5, 5.41) is 0. The Labute approximate surface area is 120 Å². The number of hydrogen-bond donors (Lipinski definition) is 0. The van der Waals surface area contributed by atoms with E-state index >= 15 is 0 Å². The van der Waals surface area contributed by atoms with Crippen LogP contribution in [0, 0.1) is 0 Å². The van der Waals surface area contributed by atoms with Crippen LogP contribution in [0.25, 0.3) is 12.2 Å². The molecule has 0 N–H and O–H groups in total. The predicted octanol–water partition coefficient (Wildman–Crippen LogP) is 5.07. The molecular formula is C19H20O. The van der Waals surface area contributed by atoms with E-state index in [0.29, 0.717) is 0 Å². The van der Waals surface area contributed by atoms with E-state index in [9.17, 15) is 0 Å². The van der Waals surface area contributed by atoms with Crippen LogP contribution in [-0.4, -0.2) is 5.60 Å². The quantitative estimate of drug-likeness (QED) is 0.698. The molecule has 0 aliphatic heterocycles. The van der Waals surface area contributed by atoms with Crippen molar-refractivity contribution < 1.29 is 4.74 Å². The van der Waals surface area contributed by atoms with Crippen LogP contribution in [-0.2, 0) is 4.74 Å². The first-order valence-corrected chi connectivity index (χ1v) is 7.08. The minimum Gasteiger partial charge on any atom is -0.363 e. The van der Waals surface area contributed by atoms with E-state index in [2.05, 4.69) is 81.5 Å². The molecule has 3 rings (SSSR count). The molecule has 20 heavy (non-hydrogen) atoms. The van der Waals surface area contributed by atoms with Gasteiger partial charge in [0.25, 0.3) is 0 Å². The standard InChI is InChI=1S/C19H20O/c1-19(2,3)20-18-16-10-6-4-8-14(16)12-13-15-9-5-7-11-17(15)18/h4-13,18H,1-3H3. The van der Waals surface area contributed by atoms with Gasteiger partial charge in [0.2, 0.25) is 0 Å². The van der Waals surface area contributed by atoms with Crippen molar-refractivity contribution in [1.29, 1.82) is 0 Å². The molecule has 0 spiro atoms. The molecule has 0 atom stereocenters. The first kappa shape index (κ1) is 13.1. The van der Waals surface area contributed by atoms with Crippen molar-refractivity contribution in [2.45, 2.75) is 32.5 Å². The van der Waals surface area contributed by atoms with E-state index < -0.39 is 0 Å². The molecule has 0 saturated heterocycles. The third-order valence-electron chi connectivity index (χ3n) is 3.47. The highest BCUT2D eigenvalue weighted by atomic mass is 16.5. The normalized spacial score (nSPS) is 14.6. The zero-order valence-electron chi connectivity index (χ0n) is 12.3. The van der Waals surface area contributed by atoms with Crippen LogP contribution in [0.15, 0.2) is 48.5 Å². The second-order valence-electron chi connectivity index (χ2n) is 6.20. The van der Waals surface area contributed by atoms with Crippen molar-refractivity contribution >= 4 is 12.2 Å². The number of rotatable bonds is 1. The SMILES string of the molecule is CC(C)(C)OC1c2ccccc2C=Cc2ccccc21. The molecular weight excluding hydrogens is 244 g/mol. The van der Waals surface area contributed by atoms with Crippen LogP contribution in [0.2, 0.25) is 0 Å². The lowest BCUT2D eigenvalue weighted by Crippen LogP contribution is -2.24. The van der Waals surface area contributed by atoms with E-state index in [1.54, 1.807) is 0 Å². The van der Waals surface area contributed by atoms with Crippen molar-refractivity contribution in [2.24, 2.45) is 0 Å². The zero-order valence-corrected chi connectivity index (χ0v) is 12.3. The molecule has 1 heteroatoms. The van der Waals surface area contributed by atoms with E-state index in [1.165, 1.54) is 22.3 Å². The highest BCUT2D eigenvalue weighted by molar-refractivity contribution is 5.76. The van der Waals surface area contributed by atoms with E-state index in [1.807, 2.05) is 0 Å². The summed E-state index contributed by atoms with van der Waals surface area (Å²) < 4.78 is 6.37. The van der Waals surface area contributed by atoms with Gasteiger partial charge in [-0.3, -0.25) is 0 Å². The van der Waals surface area contributed by atoms with Gasteiger partial charge in [-0.15, -0.1) is 0 Å². The number of fused-ring (bicyclic) bond motifs is 2. The summed E-state index contributed by atoms with van der Waals surface area (Å²) in [6.07, 6.45) is 4.35. The van der Waals surface area contributed by atoms with Gasteiger partial charge in [-0.05, 0) is 43.0 Å². The Morgan fingerprint density at radius 1 is 0.750 bits per heavy atom. The van der Waals surface area contributed by atoms with Crippen molar-refractivity contribution in [3.63, 3.8) is 0 Å². The van der Waals surface area contributed by atoms with Crippen LogP contribution in [0.3, 0.4) is 0 Å². The minimum absolute atomic E-state index is 0.0163. The fourth-order valence-electron chi connectivity index (χ4n) is 2.63. The van der Waals surface area contributed by atoms with Crippen LogP contribution in [0.5, 0.6) is 0 Å². The molecule has 0 bridgehead atoms. The first-order valence-electron chi connectivity index (χ1n) is 7.08. The minimum atomic E-state index is -0.185. The molecule has 1 aliphatic rings. The monoisotopic (exact) mass is 264 g/mol. The van der Waals surface area contributed by atoms with Crippen LogP contribution in [0.4, 0.5) is 0 Å². The van der Waals surface area contributed by atoms with Crippen LogP contribution >= 0.6 is 0 Å². The number of hydrogen-bond acceptors (Lipinski definition) is 1. The lowest BCUT2D eigenvalue weighted by atomic mass is 9.95. The van der Waals surface area contributed by atoms with Gasteiger partial charge in [-0.1, -0.05) is 60.7 Å². The van der Waals surface area contributed by atoms with Crippen LogP contribution < -0.4 is 0 Å². The predicted molar refractivity (Wildman–Crippen MR) is 84.5 cm³/mol. The Morgan fingerprint density at radius 3 is 1.65 bits per heavy atom. The molecule has 0 amide bonds. The Bertz CT molecular complexity index is 597. The molecule has 0 heterocycles. The third kappa shape index (κ3) is 2.54. The van der Waals surface area contributed by atoms with Crippen LogP contribution in [0.1, 0.15) is 49.1 Å². The van der Waals surface area contributed by atoms with Gasteiger partial charge in [-0.25, -0.2) is 0 Å². The Kier molecular flexibility index (Phi) is 3.23. The first-order chi connectivity index (χ1) is 9.54. The molecule has 0 fully saturated rings. The maximum absolute atomic E-state index is 6.37. The molecule has 1 nitrogen and oxygen atoms in total. The summed E-state index contributed by atoms with van der Waals surface area (Å²) in [6, 6.07) is 16.9. The van der Waals surface area contributed by atoms with Gasteiger partial charge in [-0.2, -0.15) is 0 Å². The summed E-state index contributed by atoms with van der Waals surface area (Å²) >= 11 is 0. The topological polar surface area (TPSA) is 9.23 Å². The van der Waals surface area contributed by atoms with Crippen molar-refractivity contribution in [2.75, 3.05) is 0 Å². The number of benzene rings is 2. The highest BCUT2D eigenvalue weighted by Crippen LogP contribution is 2.37. The Hall–Kier alpha value is -1.86. The summed E-state index contributed by atoms with van der Waals surface area (Å²) in [6.45, 7) is 6.32. The zero-order chi connectivity index (χ0) is 14.2. The largest absolute Gasteiger partial charge is 0.363 e. The molecule has 102 valence electrons. The molecule has 0 radical (unpaired) electrons. The molecule has 2 aromatic rings. The molecule has 1 aliphatic carbocycles.